The third kappa shape index (κ3) is 5.68. The molecule has 0 N–H and O–H groups in total. The summed E-state index contributed by atoms with van der Waals surface area (Å²) in [7, 11) is 1.70. The summed E-state index contributed by atoms with van der Waals surface area (Å²) in [5.41, 5.74) is 3.80. The third-order valence-electron chi connectivity index (χ3n) is 3.87. The standard InChI is InChI=1S/C21H21NO.C2H6/c1-23-21-14-12-20(13-15-21)22(16-18-8-4-2-5-9-18)17-19-10-6-3-7-11-19;1-2/h2-15H,16-17H2,1H3;1-2H3. The molecule has 0 unspecified atom stereocenters. The SMILES string of the molecule is CC.COc1ccc(N(Cc2ccccc2)Cc2ccccc2)cc1. The van der Waals surface area contributed by atoms with Crippen LogP contribution in [0.4, 0.5) is 5.69 Å². The summed E-state index contributed by atoms with van der Waals surface area (Å²) in [5.74, 6) is 0.883. The zero-order valence-corrected chi connectivity index (χ0v) is 15.4. The molecule has 0 saturated carbocycles. The van der Waals surface area contributed by atoms with Crippen LogP contribution in [0.25, 0.3) is 0 Å². The Hall–Kier alpha value is -2.74. The maximum absolute atomic E-state index is 5.27. The number of benzene rings is 3. The average Bonchev–Trinajstić information content (AvgIpc) is 2.71. The van der Waals surface area contributed by atoms with Gasteiger partial charge in [0.1, 0.15) is 5.75 Å². The Bertz CT molecular complexity index is 667. The average molecular weight is 333 g/mol. The van der Waals surface area contributed by atoms with Crippen LogP contribution in [0.5, 0.6) is 5.75 Å². The fourth-order valence-corrected chi connectivity index (χ4v) is 2.64. The van der Waals surface area contributed by atoms with Gasteiger partial charge in [0, 0.05) is 18.8 Å². The van der Waals surface area contributed by atoms with Crippen LogP contribution in [0.1, 0.15) is 25.0 Å². The summed E-state index contributed by atoms with van der Waals surface area (Å²) in [6.07, 6.45) is 0. The minimum absolute atomic E-state index is 0.877. The molecule has 2 heteroatoms. The van der Waals surface area contributed by atoms with Gasteiger partial charge in [0.2, 0.25) is 0 Å². The molecule has 0 aliphatic carbocycles. The molecule has 3 aromatic carbocycles. The van der Waals surface area contributed by atoms with Crippen molar-refractivity contribution in [1.29, 1.82) is 0 Å². The first kappa shape index (κ1) is 18.6. The maximum Gasteiger partial charge on any atom is 0.119 e. The van der Waals surface area contributed by atoms with Crippen LogP contribution >= 0.6 is 0 Å². The first-order valence-corrected chi connectivity index (χ1v) is 8.82. The molecule has 0 bridgehead atoms. The second kappa shape index (κ2) is 10.2. The van der Waals surface area contributed by atoms with E-state index in [9.17, 15) is 0 Å². The zero-order valence-electron chi connectivity index (χ0n) is 15.4. The molecule has 0 atom stereocenters. The van der Waals surface area contributed by atoms with Gasteiger partial charge in [0.25, 0.3) is 0 Å². The monoisotopic (exact) mass is 333 g/mol. The van der Waals surface area contributed by atoms with E-state index in [-0.39, 0.29) is 0 Å². The molecule has 0 amide bonds. The van der Waals surface area contributed by atoms with E-state index in [0.717, 1.165) is 18.8 Å². The Morgan fingerprint density at radius 2 is 1.08 bits per heavy atom. The number of ether oxygens (including phenoxy) is 1. The molecule has 0 aliphatic heterocycles. The van der Waals surface area contributed by atoms with Gasteiger partial charge in [-0.05, 0) is 35.4 Å². The van der Waals surface area contributed by atoms with Gasteiger partial charge in [-0.15, -0.1) is 0 Å². The van der Waals surface area contributed by atoms with Gasteiger partial charge >= 0.3 is 0 Å². The lowest BCUT2D eigenvalue weighted by Gasteiger charge is -2.25. The van der Waals surface area contributed by atoms with Gasteiger partial charge < -0.3 is 9.64 Å². The number of hydrogen-bond donors (Lipinski definition) is 0. The quantitative estimate of drug-likeness (QED) is 0.554. The van der Waals surface area contributed by atoms with E-state index in [1.807, 2.05) is 26.0 Å². The predicted octanol–water partition coefficient (Wildman–Crippen LogP) is 5.93. The van der Waals surface area contributed by atoms with Crippen LogP contribution in [0.3, 0.4) is 0 Å². The molecule has 0 saturated heterocycles. The van der Waals surface area contributed by atoms with Crippen molar-refractivity contribution in [3.63, 3.8) is 0 Å². The Balaban J connectivity index is 0.00000109. The van der Waals surface area contributed by atoms with Gasteiger partial charge in [-0.25, -0.2) is 0 Å². The highest BCUT2D eigenvalue weighted by Crippen LogP contribution is 2.23. The number of anilines is 1. The van der Waals surface area contributed by atoms with E-state index in [1.54, 1.807) is 7.11 Å². The van der Waals surface area contributed by atoms with Crippen molar-refractivity contribution in [2.45, 2.75) is 26.9 Å². The normalized spacial score (nSPS) is 9.72. The molecule has 3 aromatic rings. The van der Waals surface area contributed by atoms with Crippen molar-refractivity contribution >= 4 is 5.69 Å². The number of nitrogens with zero attached hydrogens (tertiary/aromatic N) is 1. The van der Waals surface area contributed by atoms with E-state index in [1.165, 1.54) is 16.8 Å². The molecule has 3 rings (SSSR count). The lowest BCUT2D eigenvalue weighted by molar-refractivity contribution is 0.415. The van der Waals surface area contributed by atoms with Crippen LogP contribution in [0.15, 0.2) is 84.9 Å². The summed E-state index contributed by atoms with van der Waals surface area (Å²) in [6, 6.07) is 29.4. The smallest absolute Gasteiger partial charge is 0.119 e. The fourth-order valence-electron chi connectivity index (χ4n) is 2.64. The summed E-state index contributed by atoms with van der Waals surface area (Å²) < 4.78 is 5.27. The summed E-state index contributed by atoms with van der Waals surface area (Å²) in [4.78, 5) is 2.38. The van der Waals surface area contributed by atoms with E-state index >= 15 is 0 Å². The lowest BCUT2D eigenvalue weighted by Crippen LogP contribution is -2.22. The van der Waals surface area contributed by atoms with Crippen molar-refractivity contribution in [3.8, 4) is 5.75 Å². The summed E-state index contributed by atoms with van der Waals surface area (Å²) >= 11 is 0. The maximum atomic E-state index is 5.27. The summed E-state index contributed by atoms with van der Waals surface area (Å²) in [6.45, 7) is 5.75. The molecule has 25 heavy (non-hydrogen) atoms. The van der Waals surface area contributed by atoms with Crippen molar-refractivity contribution in [1.82, 2.24) is 0 Å². The van der Waals surface area contributed by atoms with Gasteiger partial charge in [-0.1, -0.05) is 74.5 Å². The minimum Gasteiger partial charge on any atom is -0.497 e. The summed E-state index contributed by atoms with van der Waals surface area (Å²) in [5, 5.41) is 0. The van der Waals surface area contributed by atoms with Crippen molar-refractivity contribution in [2.75, 3.05) is 12.0 Å². The number of methoxy groups -OCH3 is 1. The van der Waals surface area contributed by atoms with E-state index in [4.69, 9.17) is 4.74 Å². The highest BCUT2D eigenvalue weighted by atomic mass is 16.5. The lowest BCUT2D eigenvalue weighted by atomic mass is 10.1. The van der Waals surface area contributed by atoms with Crippen molar-refractivity contribution in [2.24, 2.45) is 0 Å². The molecule has 0 spiro atoms. The fraction of sp³-hybridized carbons (Fsp3) is 0.217. The second-order valence-corrected chi connectivity index (χ2v) is 5.53. The van der Waals surface area contributed by atoms with Crippen LogP contribution in [-0.4, -0.2) is 7.11 Å². The molecule has 0 fully saturated rings. The number of rotatable bonds is 6. The van der Waals surface area contributed by atoms with Crippen LogP contribution < -0.4 is 9.64 Å². The van der Waals surface area contributed by atoms with E-state index in [2.05, 4.69) is 77.7 Å². The van der Waals surface area contributed by atoms with Gasteiger partial charge in [-0.2, -0.15) is 0 Å². The molecule has 0 aromatic heterocycles. The number of hydrogen-bond acceptors (Lipinski definition) is 2. The Morgan fingerprint density at radius 1 is 0.640 bits per heavy atom. The molecular weight excluding hydrogens is 306 g/mol. The minimum atomic E-state index is 0.877. The molecular formula is C23H27NO. The van der Waals surface area contributed by atoms with Gasteiger partial charge in [-0.3, -0.25) is 0 Å². The van der Waals surface area contributed by atoms with E-state index < -0.39 is 0 Å². The molecule has 130 valence electrons. The Morgan fingerprint density at radius 3 is 1.48 bits per heavy atom. The van der Waals surface area contributed by atoms with Crippen molar-refractivity contribution in [3.05, 3.63) is 96.1 Å². The highest BCUT2D eigenvalue weighted by molar-refractivity contribution is 5.50. The second-order valence-electron chi connectivity index (χ2n) is 5.53. The Kier molecular flexibility index (Phi) is 7.58. The topological polar surface area (TPSA) is 12.5 Å². The van der Waals surface area contributed by atoms with Crippen LogP contribution in [-0.2, 0) is 13.1 Å². The van der Waals surface area contributed by atoms with Crippen LogP contribution in [0, 0.1) is 0 Å². The molecule has 0 aliphatic rings. The molecule has 0 heterocycles. The Labute approximate surface area is 151 Å². The van der Waals surface area contributed by atoms with Crippen molar-refractivity contribution < 1.29 is 4.74 Å². The van der Waals surface area contributed by atoms with E-state index in [0.29, 0.717) is 0 Å². The van der Waals surface area contributed by atoms with Gasteiger partial charge in [0.15, 0.2) is 0 Å². The van der Waals surface area contributed by atoms with Gasteiger partial charge in [0.05, 0.1) is 7.11 Å². The first-order chi connectivity index (χ1) is 12.3. The highest BCUT2D eigenvalue weighted by Gasteiger charge is 2.08. The molecule has 2 nitrogen and oxygen atoms in total. The predicted molar refractivity (Wildman–Crippen MR) is 107 cm³/mol. The third-order valence-corrected chi connectivity index (χ3v) is 3.87. The molecule has 0 radical (unpaired) electrons. The van der Waals surface area contributed by atoms with Crippen LogP contribution in [0.2, 0.25) is 0 Å². The largest absolute Gasteiger partial charge is 0.497 e. The first-order valence-electron chi connectivity index (χ1n) is 8.82. The zero-order chi connectivity index (χ0) is 17.9.